The third-order valence-corrected chi connectivity index (χ3v) is 5.42. The number of amides is 1. The van der Waals surface area contributed by atoms with E-state index in [0.29, 0.717) is 11.4 Å². The molecule has 1 unspecified atom stereocenters. The topological polar surface area (TPSA) is 95.4 Å². The van der Waals surface area contributed by atoms with Crippen LogP contribution in [0.2, 0.25) is 0 Å². The number of aromatic nitrogens is 1. The zero-order chi connectivity index (χ0) is 20.4. The highest BCUT2D eigenvalue weighted by atomic mass is 16.6. The summed E-state index contributed by atoms with van der Waals surface area (Å²) in [5.74, 6) is 1.45. The fourth-order valence-electron chi connectivity index (χ4n) is 3.73. The Morgan fingerprint density at radius 3 is 2.59 bits per heavy atom. The number of pyridine rings is 1. The second kappa shape index (κ2) is 8.26. The molecule has 0 bridgehead atoms. The van der Waals surface area contributed by atoms with Gasteiger partial charge in [-0.2, -0.15) is 0 Å². The number of carbonyl (C=O) groups excluding carboxylic acids is 1. The summed E-state index contributed by atoms with van der Waals surface area (Å²) in [5.41, 5.74) is 2.46. The number of hydrogen-bond donors (Lipinski definition) is 2. The molecule has 0 saturated carbocycles. The first kappa shape index (κ1) is 19.5. The van der Waals surface area contributed by atoms with Gasteiger partial charge in [0, 0.05) is 24.8 Å². The number of methoxy groups -OCH3 is 1. The standard InChI is InChI=1S/C21H25N3O5/c1-28-19-10-14(2-4-18(19)24-12-17(13-25)29-21(24)27)15-3-5-20(22-11-15)23-8-6-16(26)7-9-23/h2-5,10-11,16-17,25-26H,6-9,12-13H2,1H3. The number of aliphatic hydroxyl groups is 2. The second-order valence-corrected chi connectivity index (χ2v) is 7.31. The van der Waals surface area contributed by atoms with E-state index in [1.165, 1.54) is 4.90 Å². The van der Waals surface area contributed by atoms with Gasteiger partial charge in [0.15, 0.2) is 0 Å². The fourth-order valence-corrected chi connectivity index (χ4v) is 3.73. The third-order valence-electron chi connectivity index (χ3n) is 5.42. The highest BCUT2D eigenvalue weighted by molar-refractivity contribution is 5.92. The Morgan fingerprint density at radius 1 is 1.21 bits per heavy atom. The molecule has 2 aliphatic rings. The molecule has 0 radical (unpaired) electrons. The molecule has 0 spiro atoms. The van der Waals surface area contributed by atoms with Crippen molar-refractivity contribution in [2.45, 2.75) is 25.0 Å². The van der Waals surface area contributed by atoms with Crippen molar-refractivity contribution in [1.82, 2.24) is 4.98 Å². The lowest BCUT2D eigenvalue weighted by atomic mass is 10.1. The van der Waals surface area contributed by atoms with Crippen LogP contribution in [0.15, 0.2) is 36.5 Å². The van der Waals surface area contributed by atoms with E-state index in [2.05, 4.69) is 9.88 Å². The Kier molecular flexibility index (Phi) is 5.55. The van der Waals surface area contributed by atoms with Crippen molar-refractivity contribution in [3.05, 3.63) is 36.5 Å². The van der Waals surface area contributed by atoms with Crippen LogP contribution in [0.1, 0.15) is 12.8 Å². The molecule has 4 rings (SSSR count). The molecule has 1 amide bonds. The predicted molar refractivity (Wildman–Crippen MR) is 108 cm³/mol. The molecule has 0 aliphatic carbocycles. The van der Waals surface area contributed by atoms with E-state index in [1.54, 1.807) is 7.11 Å². The number of carbonyl (C=O) groups is 1. The van der Waals surface area contributed by atoms with Crippen LogP contribution in [0.4, 0.5) is 16.3 Å². The fraction of sp³-hybridized carbons (Fsp3) is 0.429. The Labute approximate surface area is 169 Å². The maximum Gasteiger partial charge on any atom is 0.414 e. The maximum atomic E-state index is 12.1. The minimum atomic E-state index is -0.528. The molecule has 2 aromatic rings. The highest BCUT2D eigenvalue weighted by Gasteiger charge is 2.33. The van der Waals surface area contributed by atoms with E-state index in [4.69, 9.17) is 9.47 Å². The van der Waals surface area contributed by atoms with E-state index in [-0.39, 0.29) is 19.3 Å². The quantitative estimate of drug-likeness (QED) is 0.794. The number of hydrogen-bond acceptors (Lipinski definition) is 7. The van der Waals surface area contributed by atoms with Crippen molar-refractivity contribution >= 4 is 17.6 Å². The van der Waals surface area contributed by atoms with E-state index in [1.807, 2.05) is 36.5 Å². The summed E-state index contributed by atoms with van der Waals surface area (Å²) >= 11 is 0. The van der Waals surface area contributed by atoms with Crippen LogP contribution < -0.4 is 14.5 Å². The third kappa shape index (κ3) is 3.99. The number of benzene rings is 1. The molecule has 2 N–H and O–H groups in total. The molecule has 3 heterocycles. The summed E-state index contributed by atoms with van der Waals surface area (Å²) in [4.78, 5) is 20.3. The van der Waals surface area contributed by atoms with Crippen LogP contribution in [-0.2, 0) is 4.74 Å². The summed E-state index contributed by atoms with van der Waals surface area (Å²) in [6.07, 6.45) is 2.11. The highest BCUT2D eigenvalue weighted by Crippen LogP contribution is 2.35. The Balaban J connectivity index is 1.54. The molecule has 8 nitrogen and oxygen atoms in total. The van der Waals surface area contributed by atoms with Crippen LogP contribution in [-0.4, -0.2) is 66.8 Å². The van der Waals surface area contributed by atoms with Crippen molar-refractivity contribution in [2.24, 2.45) is 0 Å². The molecular weight excluding hydrogens is 374 g/mol. The number of rotatable bonds is 5. The number of anilines is 2. The molecule has 1 aromatic carbocycles. The Bertz CT molecular complexity index is 865. The monoisotopic (exact) mass is 399 g/mol. The van der Waals surface area contributed by atoms with E-state index < -0.39 is 12.2 Å². The molecule has 2 fully saturated rings. The molecule has 1 aromatic heterocycles. The Morgan fingerprint density at radius 2 is 1.97 bits per heavy atom. The van der Waals surface area contributed by atoms with Gasteiger partial charge in [-0.05, 0) is 42.7 Å². The van der Waals surface area contributed by atoms with Crippen LogP contribution in [0.25, 0.3) is 11.1 Å². The molecule has 8 heteroatoms. The molecule has 29 heavy (non-hydrogen) atoms. The lowest BCUT2D eigenvalue weighted by molar-refractivity contribution is 0.0963. The van der Waals surface area contributed by atoms with Gasteiger partial charge in [-0.3, -0.25) is 4.90 Å². The van der Waals surface area contributed by atoms with Gasteiger partial charge in [-0.15, -0.1) is 0 Å². The summed E-state index contributed by atoms with van der Waals surface area (Å²) < 4.78 is 10.6. The minimum absolute atomic E-state index is 0.211. The second-order valence-electron chi connectivity index (χ2n) is 7.31. The SMILES string of the molecule is COc1cc(-c2ccc(N3CCC(O)CC3)nc2)ccc1N1CC(CO)OC1=O. The van der Waals surface area contributed by atoms with E-state index in [0.717, 1.165) is 42.9 Å². The van der Waals surface area contributed by atoms with Gasteiger partial charge in [-0.1, -0.05) is 6.07 Å². The van der Waals surface area contributed by atoms with Crippen LogP contribution >= 0.6 is 0 Å². The van der Waals surface area contributed by atoms with Gasteiger partial charge in [0.25, 0.3) is 0 Å². The van der Waals surface area contributed by atoms with Gasteiger partial charge in [-0.25, -0.2) is 9.78 Å². The lowest BCUT2D eigenvalue weighted by Crippen LogP contribution is -2.36. The number of aliphatic hydroxyl groups excluding tert-OH is 2. The summed E-state index contributed by atoms with van der Waals surface area (Å²) in [6, 6.07) is 9.58. The van der Waals surface area contributed by atoms with Crippen LogP contribution in [0.5, 0.6) is 5.75 Å². The van der Waals surface area contributed by atoms with Crippen molar-refractivity contribution in [3.63, 3.8) is 0 Å². The minimum Gasteiger partial charge on any atom is -0.495 e. The summed E-state index contributed by atoms with van der Waals surface area (Å²) in [7, 11) is 1.56. The molecule has 2 aliphatic heterocycles. The lowest BCUT2D eigenvalue weighted by Gasteiger charge is -2.30. The number of ether oxygens (including phenoxy) is 2. The average molecular weight is 399 g/mol. The first-order valence-corrected chi connectivity index (χ1v) is 9.75. The predicted octanol–water partition coefficient (Wildman–Crippen LogP) is 2.04. The summed E-state index contributed by atoms with van der Waals surface area (Å²) in [5, 5.41) is 18.9. The normalized spacial score (nSPS) is 20.1. The van der Waals surface area contributed by atoms with Gasteiger partial charge < -0.3 is 24.6 Å². The molecule has 2 saturated heterocycles. The van der Waals surface area contributed by atoms with E-state index in [9.17, 15) is 15.0 Å². The van der Waals surface area contributed by atoms with Crippen LogP contribution in [0.3, 0.4) is 0 Å². The van der Waals surface area contributed by atoms with Gasteiger partial charge in [0.2, 0.25) is 0 Å². The molecule has 154 valence electrons. The average Bonchev–Trinajstić information content (AvgIpc) is 3.14. The Hall–Kier alpha value is -2.84. The zero-order valence-electron chi connectivity index (χ0n) is 16.3. The van der Waals surface area contributed by atoms with E-state index >= 15 is 0 Å². The zero-order valence-corrected chi connectivity index (χ0v) is 16.3. The maximum absolute atomic E-state index is 12.1. The smallest absolute Gasteiger partial charge is 0.414 e. The largest absolute Gasteiger partial charge is 0.495 e. The van der Waals surface area contributed by atoms with Crippen molar-refractivity contribution in [3.8, 4) is 16.9 Å². The first-order chi connectivity index (χ1) is 14.1. The van der Waals surface area contributed by atoms with Gasteiger partial charge in [0.1, 0.15) is 17.7 Å². The van der Waals surface area contributed by atoms with Crippen LogP contribution in [0, 0.1) is 0 Å². The molecule has 1 atom stereocenters. The first-order valence-electron chi connectivity index (χ1n) is 9.75. The number of nitrogens with zero attached hydrogens (tertiary/aromatic N) is 3. The van der Waals surface area contributed by atoms with Gasteiger partial charge >= 0.3 is 6.09 Å². The van der Waals surface area contributed by atoms with Gasteiger partial charge in [0.05, 0.1) is 32.1 Å². The number of cyclic esters (lactones) is 1. The van der Waals surface area contributed by atoms with Crippen molar-refractivity contribution in [2.75, 3.05) is 43.2 Å². The molecular formula is C21H25N3O5. The number of piperidine rings is 1. The summed E-state index contributed by atoms with van der Waals surface area (Å²) in [6.45, 7) is 1.68. The van der Waals surface area contributed by atoms with Crippen molar-refractivity contribution in [1.29, 1.82) is 0 Å². The van der Waals surface area contributed by atoms with Crippen molar-refractivity contribution < 1.29 is 24.5 Å².